The van der Waals surface area contributed by atoms with Crippen LogP contribution in [-0.2, 0) is 28.9 Å². The number of nitrogens with one attached hydrogen (secondary N) is 1. The van der Waals surface area contributed by atoms with Crippen molar-refractivity contribution in [2.24, 2.45) is 0 Å². The standard InChI is InChI=1S/C33H63NO11S/c1-3-5-7-9-11-13-15-17-19-21-23-29(37)34-26(27(36)22-20-18-16-14-12-10-8-6-4-2)25-43-33-31(39)32(45-46(40,41)42)30(38)28(24-35)44-33/h9,11,26-28,30-33,35-36,38-39H,3-8,10,12-25H2,1-2H3,(H,34,37)(H,40,41,42)/b11-9-. The predicted molar refractivity (Wildman–Crippen MR) is 176 cm³/mol. The van der Waals surface area contributed by atoms with E-state index in [-0.39, 0.29) is 18.9 Å². The van der Waals surface area contributed by atoms with Gasteiger partial charge in [0.15, 0.2) is 6.29 Å². The molecule has 0 aromatic rings. The summed E-state index contributed by atoms with van der Waals surface area (Å²) in [6.07, 6.45) is 13.9. The van der Waals surface area contributed by atoms with Gasteiger partial charge in [-0.3, -0.25) is 9.35 Å². The molecule has 6 N–H and O–H groups in total. The molecule has 1 fully saturated rings. The Bertz CT molecular complexity index is 904. The van der Waals surface area contributed by atoms with Crippen LogP contribution in [0.15, 0.2) is 12.2 Å². The molecule has 272 valence electrons. The second-order valence-electron chi connectivity index (χ2n) is 12.5. The lowest BCUT2D eigenvalue weighted by molar-refractivity contribution is -0.298. The summed E-state index contributed by atoms with van der Waals surface area (Å²) in [4.78, 5) is 12.8. The summed E-state index contributed by atoms with van der Waals surface area (Å²) in [5.74, 6) is -0.249. The van der Waals surface area contributed by atoms with E-state index < -0.39 is 59.9 Å². The molecule has 7 atom stereocenters. The lowest BCUT2D eigenvalue weighted by atomic mass is 9.99. The summed E-state index contributed by atoms with van der Waals surface area (Å²) >= 11 is 0. The van der Waals surface area contributed by atoms with Crippen molar-refractivity contribution in [3.63, 3.8) is 0 Å². The minimum atomic E-state index is -5.06. The number of carbonyl (C=O) groups excluding carboxylic acids is 1. The molecule has 1 aliphatic rings. The molecule has 0 aromatic heterocycles. The van der Waals surface area contributed by atoms with Crippen LogP contribution in [0.25, 0.3) is 0 Å². The average Bonchev–Trinajstić information content (AvgIpc) is 3.01. The van der Waals surface area contributed by atoms with E-state index in [2.05, 4.69) is 35.5 Å². The number of allylic oxidation sites excluding steroid dienone is 2. The first-order valence-corrected chi connectivity index (χ1v) is 18.9. The van der Waals surface area contributed by atoms with Gasteiger partial charge in [0.05, 0.1) is 25.4 Å². The first-order chi connectivity index (χ1) is 22.0. The molecule has 0 aliphatic carbocycles. The minimum absolute atomic E-state index is 0.249. The van der Waals surface area contributed by atoms with Crippen molar-refractivity contribution in [3.05, 3.63) is 12.2 Å². The molecule has 1 saturated heterocycles. The van der Waals surface area contributed by atoms with Crippen LogP contribution in [-0.4, -0.2) is 95.4 Å². The first kappa shape index (κ1) is 42.9. The maximum Gasteiger partial charge on any atom is 0.397 e. The third kappa shape index (κ3) is 19.6. The minimum Gasteiger partial charge on any atom is -0.394 e. The van der Waals surface area contributed by atoms with Gasteiger partial charge in [-0.25, -0.2) is 4.18 Å². The molecule has 1 amide bonds. The molecule has 12 nitrogen and oxygen atoms in total. The normalized spacial score (nSPS) is 23.5. The number of rotatable bonds is 28. The fraction of sp³-hybridized carbons (Fsp3) is 0.909. The Morgan fingerprint density at radius 3 is 2.02 bits per heavy atom. The third-order valence-corrected chi connectivity index (χ3v) is 8.79. The Kier molecular flexibility index (Phi) is 24.0. The zero-order valence-corrected chi connectivity index (χ0v) is 29.0. The van der Waals surface area contributed by atoms with Gasteiger partial charge in [0, 0.05) is 6.42 Å². The monoisotopic (exact) mass is 681 g/mol. The van der Waals surface area contributed by atoms with E-state index in [4.69, 9.17) is 14.0 Å². The van der Waals surface area contributed by atoms with Gasteiger partial charge >= 0.3 is 10.4 Å². The van der Waals surface area contributed by atoms with Gasteiger partial charge in [-0.15, -0.1) is 0 Å². The summed E-state index contributed by atoms with van der Waals surface area (Å²) in [7, 11) is -5.06. The Morgan fingerprint density at radius 2 is 1.41 bits per heavy atom. The number of aliphatic hydroxyl groups is 4. The first-order valence-electron chi connectivity index (χ1n) is 17.6. The predicted octanol–water partition coefficient (Wildman–Crippen LogP) is 4.48. The number of carbonyl (C=O) groups is 1. The molecule has 0 spiro atoms. The maximum absolute atomic E-state index is 12.8. The largest absolute Gasteiger partial charge is 0.397 e. The van der Waals surface area contributed by atoms with E-state index >= 15 is 0 Å². The average molecular weight is 682 g/mol. The highest BCUT2D eigenvalue weighted by Gasteiger charge is 2.48. The molecule has 0 bridgehead atoms. The van der Waals surface area contributed by atoms with Crippen molar-refractivity contribution < 1.29 is 51.8 Å². The van der Waals surface area contributed by atoms with Crippen LogP contribution in [0.5, 0.6) is 0 Å². The summed E-state index contributed by atoms with van der Waals surface area (Å²) in [6, 6.07) is -0.856. The van der Waals surface area contributed by atoms with E-state index in [1.54, 1.807) is 0 Å². The van der Waals surface area contributed by atoms with E-state index in [0.29, 0.717) is 12.8 Å². The van der Waals surface area contributed by atoms with Gasteiger partial charge in [-0.2, -0.15) is 8.42 Å². The van der Waals surface area contributed by atoms with Gasteiger partial charge in [0.1, 0.15) is 24.4 Å². The molecule has 1 aliphatic heterocycles. The zero-order chi connectivity index (χ0) is 34.2. The van der Waals surface area contributed by atoms with Crippen molar-refractivity contribution >= 4 is 16.3 Å². The van der Waals surface area contributed by atoms with Crippen LogP contribution in [0.3, 0.4) is 0 Å². The fourth-order valence-electron chi connectivity index (χ4n) is 5.50. The molecule has 1 rings (SSSR count). The second kappa shape index (κ2) is 25.8. The highest BCUT2D eigenvalue weighted by atomic mass is 32.3. The fourth-order valence-corrected chi connectivity index (χ4v) is 6.00. The molecular formula is C33H63NO11S. The van der Waals surface area contributed by atoms with Crippen molar-refractivity contribution in [3.8, 4) is 0 Å². The van der Waals surface area contributed by atoms with Crippen LogP contribution in [0.4, 0.5) is 0 Å². The number of unbranched alkanes of at least 4 members (excludes halogenated alkanes) is 14. The highest BCUT2D eigenvalue weighted by molar-refractivity contribution is 7.80. The van der Waals surface area contributed by atoms with E-state index in [9.17, 15) is 33.6 Å². The number of hydrogen-bond donors (Lipinski definition) is 6. The highest BCUT2D eigenvalue weighted by Crippen LogP contribution is 2.26. The van der Waals surface area contributed by atoms with E-state index in [1.807, 2.05) is 0 Å². The van der Waals surface area contributed by atoms with Crippen molar-refractivity contribution in [2.45, 2.75) is 179 Å². The van der Waals surface area contributed by atoms with Crippen LogP contribution in [0, 0.1) is 0 Å². The van der Waals surface area contributed by atoms with Crippen LogP contribution < -0.4 is 5.32 Å². The molecular weight excluding hydrogens is 618 g/mol. The molecule has 1 heterocycles. The lowest BCUT2D eigenvalue weighted by Crippen LogP contribution is -2.61. The summed E-state index contributed by atoms with van der Waals surface area (Å²) in [5.41, 5.74) is 0. The summed E-state index contributed by atoms with van der Waals surface area (Å²) in [5, 5.41) is 44.3. The maximum atomic E-state index is 12.8. The van der Waals surface area contributed by atoms with Gasteiger partial charge in [-0.05, 0) is 32.1 Å². The molecule has 0 radical (unpaired) electrons. The van der Waals surface area contributed by atoms with Crippen molar-refractivity contribution in [1.82, 2.24) is 5.32 Å². The van der Waals surface area contributed by atoms with Gasteiger partial charge < -0.3 is 35.2 Å². The summed E-state index contributed by atoms with van der Waals surface area (Å²) < 4.78 is 47.2. The quantitative estimate of drug-likeness (QED) is 0.0388. The van der Waals surface area contributed by atoms with Crippen molar-refractivity contribution in [2.75, 3.05) is 13.2 Å². The lowest BCUT2D eigenvalue weighted by Gasteiger charge is -2.41. The zero-order valence-electron chi connectivity index (χ0n) is 28.1. The number of hydrogen-bond acceptors (Lipinski definition) is 10. The van der Waals surface area contributed by atoms with Gasteiger partial charge in [0.2, 0.25) is 5.91 Å². The molecule has 13 heteroatoms. The van der Waals surface area contributed by atoms with Gasteiger partial charge in [0.25, 0.3) is 0 Å². The molecule has 0 aromatic carbocycles. The second-order valence-corrected chi connectivity index (χ2v) is 13.5. The Hall–Kier alpha value is -1.16. The van der Waals surface area contributed by atoms with Crippen LogP contribution >= 0.6 is 0 Å². The smallest absolute Gasteiger partial charge is 0.394 e. The Morgan fingerprint density at radius 1 is 0.848 bits per heavy atom. The Balaban J connectivity index is 2.68. The number of aliphatic hydroxyl groups excluding tert-OH is 4. The molecule has 0 saturated carbocycles. The van der Waals surface area contributed by atoms with Crippen molar-refractivity contribution in [1.29, 1.82) is 0 Å². The molecule has 7 unspecified atom stereocenters. The molecule has 46 heavy (non-hydrogen) atoms. The third-order valence-electron chi connectivity index (χ3n) is 8.32. The SMILES string of the molecule is CCCC/C=C\CCCCCCC(=O)NC(COC1OC(CO)C(O)C(OS(=O)(=O)O)C1O)C(O)CCCCCCCCCCC. The van der Waals surface area contributed by atoms with E-state index in [1.165, 1.54) is 44.9 Å². The van der Waals surface area contributed by atoms with E-state index in [0.717, 1.165) is 57.8 Å². The van der Waals surface area contributed by atoms with Crippen LogP contribution in [0.2, 0.25) is 0 Å². The van der Waals surface area contributed by atoms with Gasteiger partial charge in [-0.1, -0.05) is 109 Å². The Labute approximate surface area is 277 Å². The topological polar surface area (TPSA) is 192 Å². The number of amides is 1. The summed E-state index contributed by atoms with van der Waals surface area (Å²) in [6.45, 7) is 3.31. The van der Waals surface area contributed by atoms with Crippen LogP contribution in [0.1, 0.15) is 136 Å². The number of ether oxygens (including phenoxy) is 2.